The van der Waals surface area contributed by atoms with Crippen molar-refractivity contribution in [3.8, 4) is 0 Å². The zero-order valence-electron chi connectivity index (χ0n) is 8.13. The summed E-state index contributed by atoms with van der Waals surface area (Å²) < 4.78 is 13.5. The highest BCUT2D eigenvalue weighted by Gasteiger charge is 2.40. The highest BCUT2D eigenvalue weighted by Crippen LogP contribution is 2.32. The third kappa shape index (κ3) is 1.33. The summed E-state index contributed by atoms with van der Waals surface area (Å²) in [4.78, 5) is 0. The number of hydrogen-bond donors (Lipinski definition) is 2. The van der Waals surface area contributed by atoms with Gasteiger partial charge in [0.2, 0.25) is 0 Å². The highest BCUT2D eigenvalue weighted by molar-refractivity contribution is 5.28. The van der Waals surface area contributed by atoms with E-state index in [1.165, 1.54) is 6.07 Å². The molecule has 14 heavy (non-hydrogen) atoms. The van der Waals surface area contributed by atoms with Gasteiger partial charge in [-0.3, -0.25) is 0 Å². The van der Waals surface area contributed by atoms with E-state index in [1.807, 2.05) is 6.92 Å². The lowest BCUT2D eigenvalue weighted by Gasteiger charge is -2.29. The molecule has 2 unspecified atom stereocenters. The van der Waals surface area contributed by atoms with E-state index in [2.05, 4.69) is 5.32 Å². The van der Waals surface area contributed by atoms with Crippen LogP contribution in [-0.4, -0.2) is 17.8 Å². The Labute approximate surface area is 82.8 Å². The van der Waals surface area contributed by atoms with Crippen molar-refractivity contribution in [2.45, 2.75) is 25.0 Å². The van der Waals surface area contributed by atoms with E-state index in [0.29, 0.717) is 12.0 Å². The van der Waals surface area contributed by atoms with Crippen LogP contribution in [0.3, 0.4) is 0 Å². The first-order valence-electron chi connectivity index (χ1n) is 4.83. The molecular formula is C11H14FNO. The molecule has 1 aliphatic rings. The number of aliphatic hydroxyl groups is 1. The zero-order valence-corrected chi connectivity index (χ0v) is 8.13. The number of hydrogen-bond acceptors (Lipinski definition) is 2. The summed E-state index contributed by atoms with van der Waals surface area (Å²) >= 11 is 0. The van der Waals surface area contributed by atoms with E-state index in [-0.39, 0.29) is 5.82 Å². The molecule has 0 bridgehead atoms. The average Bonchev–Trinajstić information content (AvgIpc) is 2.49. The van der Waals surface area contributed by atoms with Gasteiger partial charge in [0.15, 0.2) is 0 Å². The molecule has 1 heterocycles. The van der Waals surface area contributed by atoms with Crippen molar-refractivity contribution in [2.24, 2.45) is 0 Å². The summed E-state index contributed by atoms with van der Waals surface area (Å²) in [6.07, 6.45) is 0.157. The van der Waals surface area contributed by atoms with E-state index in [4.69, 9.17) is 0 Å². The molecule has 0 saturated carbocycles. The monoisotopic (exact) mass is 195 g/mol. The van der Waals surface area contributed by atoms with Gasteiger partial charge in [0.1, 0.15) is 5.82 Å². The molecule has 76 valence electrons. The Kier molecular flexibility index (Phi) is 2.29. The quantitative estimate of drug-likeness (QED) is 0.710. The summed E-state index contributed by atoms with van der Waals surface area (Å²) in [6.45, 7) is 2.56. The molecule has 0 aliphatic carbocycles. The Hall–Kier alpha value is -0.930. The SMILES string of the molecule is CC1(c2ccccc2F)NCCC1O. The number of benzene rings is 1. The summed E-state index contributed by atoms with van der Waals surface area (Å²) in [7, 11) is 0. The Bertz CT molecular complexity index is 342. The largest absolute Gasteiger partial charge is 0.391 e. The minimum absolute atomic E-state index is 0.261. The summed E-state index contributed by atoms with van der Waals surface area (Å²) in [5.74, 6) is -0.261. The predicted molar refractivity (Wildman–Crippen MR) is 52.4 cm³/mol. The van der Waals surface area contributed by atoms with Crippen LogP contribution in [0.2, 0.25) is 0 Å². The first kappa shape index (κ1) is 9.62. The van der Waals surface area contributed by atoms with Crippen LogP contribution in [0.1, 0.15) is 18.9 Å². The van der Waals surface area contributed by atoms with Crippen molar-refractivity contribution >= 4 is 0 Å². The number of rotatable bonds is 1. The van der Waals surface area contributed by atoms with Crippen molar-refractivity contribution in [3.63, 3.8) is 0 Å². The third-order valence-corrected chi connectivity index (χ3v) is 3.01. The van der Waals surface area contributed by atoms with Crippen LogP contribution in [0.5, 0.6) is 0 Å². The number of nitrogens with one attached hydrogen (secondary N) is 1. The fraction of sp³-hybridized carbons (Fsp3) is 0.455. The first-order valence-corrected chi connectivity index (χ1v) is 4.83. The maximum absolute atomic E-state index is 13.5. The van der Waals surface area contributed by atoms with Crippen LogP contribution >= 0.6 is 0 Å². The Morgan fingerprint density at radius 3 is 2.79 bits per heavy atom. The fourth-order valence-electron chi connectivity index (χ4n) is 2.03. The van der Waals surface area contributed by atoms with Gasteiger partial charge in [0.05, 0.1) is 11.6 Å². The van der Waals surface area contributed by atoms with Crippen LogP contribution in [0, 0.1) is 5.82 Å². The minimum Gasteiger partial charge on any atom is -0.391 e. The van der Waals surface area contributed by atoms with Crippen LogP contribution in [0.4, 0.5) is 4.39 Å². The molecule has 2 atom stereocenters. The first-order chi connectivity index (χ1) is 6.64. The van der Waals surface area contributed by atoms with E-state index >= 15 is 0 Å². The van der Waals surface area contributed by atoms with Gasteiger partial charge in [-0.15, -0.1) is 0 Å². The molecule has 1 aliphatic heterocycles. The van der Waals surface area contributed by atoms with Gasteiger partial charge >= 0.3 is 0 Å². The predicted octanol–water partition coefficient (Wildman–Crippen LogP) is 1.40. The second-order valence-electron chi connectivity index (χ2n) is 3.91. The number of aliphatic hydroxyl groups excluding tert-OH is 1. The van der Waals surface area contributed by atoms with Gasteiger partial charge < -0.3 is 10.4 Å². The van der Waals surface area contributed by atoms with Crippen LogP contribution in [-0.2, 0) is 5.54 Å². The molecule has 3 heteroatoms. The average molecular weight is 195 g/mol. The molecular weight excluding hydrogens is 181 g/mol. The minimum atomic E-state index is -0.634. The molecule has 2 N–H and O–H groups in total. The maximum atomic E-state index is 13.5. The second kappa shape index (κ2) is 3.33. The third-order valence-electron chi connectivity index (χ3n) is 3.01. The van der Waals surface area contributed by atoms with Crippen LogP contribution < -0.4 is 5.32 Å². The van der Waals surface area contributed by atoms with Crippen molar-refractivity contribution in [3.05, 3.63) is 35.6 Å². The van der Waals surface area contributed by atoms with Crippen LogP contribution in [0.25, 0.3) is 0 Å². The Morgan fingerprint density at radius 1 is 1.50 bits per heavy atom. The standard InChI is InChI=1S/C11H14FNO/c1-11(10(14)6-7-13-11)8-4-2-3-5-9(8)12/h2-5,10,13-14H,6-7H2,1H3. The fourth-order valence-corrected chi connectivity index (χ4v) is 2.03. The smallest absolute Gasteiger partial charge is 0.128 e. The molecule has 1 aromatic rings. The highest BCUT2D eigenvalue weighted by atomic mass is 19.1. The van der Waals surface area contributed by atoms with E-state index in [9.17, 15) is 9.50 Å². The lowest BCUT2D eigenvalue weighted by molar-refractivity contribution is 0.105. The van der Waals surface area contributed by atoms with Crippen LogP contribution in [0.15, 0.2) is 24.3 Å². The summed E-state index contributed by atoms with van der Waals surface area (Å²) in [5.41, 5.74) is -0.0873. The van der Waals surface area contributed by atoms with Crippen molar-refractivity contribution in [1.29, 1.82) is 0 Å². The van der Waals surface area contributed by atoms with Gasteiger partial charge in [-0.05, 0) is 26.0 Å². The molecule has 0 radical (unpaired) electrons. The molecule has 2 rings (SSSR count). The maximum Gasteiger partial charge on any atom is 0.128 e. The molecule has 1 saturated heterocycles. The Balaban J connectivity index is 2.43. The van der Waals surface area contributed by atoms with Gasteiger partial charge in [-0.2, -0.15) is 0 Å². The molecule has 0 amide bonds. The summed E-state index contributed by atoms with van der Waals surface area (Å²) in [5, 5.41) is 12.9. The molecule has 0 aromatic heterocycles. The number of halogens is 1. The van der Waals surface area contributed by atoms with Crippen molar-refractivity contribution in [1.82, 2.24) is 5.32 Å². The van der Waals surface area contributed by atoms with Gasteiger partial charge in [-0.1, -0.05) is 18.2 Å². The molecule has 1 fully saturated rings. The van der Waals surface area contributed by atoms with Crippen molar-refractivity contribution in [2.75, 3.05) is 6.54 Å². The molecule has 0 spiro atoms. The Morgan fingerprint density at radius 2 is 2.21 bits per heavy atom. The lowest BCUT2D eigenvalue weighted by atomic mass is 9.88. The van der Waals surface area contributed by atoms with E-state index < -0.39 is 11.6 Å². The van der Waals surface area contributed by atoms with E-state index in [1.54, 1.807) is 18.2 Å². The van der Waals surface area contributed by atoms with Gasteiger partial charge in [-0.25, -0.2) is 4.39 Å². The van der Waals surface area contributed by atoms with Gasteiger partial charge in [0, 0.05) is 5.56 Å². The lowest BCUT2D eigenvalue weighted by Crippen LogP contribution is -2.42. The van der Waals surface area contributed by atoms with Gasteiger partial charge in [0.25, 0.3) is 0 Å². The zero-order chi connectivity index (χ0) is 10.2. The summed E-state index contributed by atoms with van der Waals surface area (Å²) in [6, 6.07) is 6.59. The molecule has 2 nitrogen and oxygen atoms in total. The topological polar surface area (TPSA) is 32.3 Å². The normalized spacial score (nSPS) is 32.1. The van der Waals surface area contributed by atoms with E-state index in [0.717, 1.165) is 6.54 Å². The van der Waals surface area contributed by atoms with Crippen molar-refractivity contribution < 1.29 is 9.50 Å². The molecule has 1 aromatic carbocycles. The second-order valence-corrected chi connectivity index (χ2v) is 3.91.